The van der Waals surface area contributed by atoms with Crippen molar-refractivity contribution in [3.63, 3.8) is 0 Å². The summed E-state index contributed by atoms with van der Waals surface area (Å²) in [4.78, 5) is 28.5. The van der Waals surface area contributed by atoms with Crippen molar-refractivity contribution >= 4 is 29.3 Å². The van der Waals surface area contributed by atoms with E-state index in [1.165, 1.54) is 0 Å². The fraction of sp³-hybridized carbons (Fsp3) is 0.167. The zero-order chi connectivity index (χ0) is 20.6. The first kappa shape index (κ1) is 20.7. The molecule has 0 atom stereocenters. The van der Waals surface area contributed by atoms with E-state index < -0.39 is 0 Å². The number of amides is 2. The second kappa shape index (κ2) is 9.94. The number of nitrogens with zero attached hydrogens (tertiary/aromatic N) is 1. The second-order valence-corrected chi connectivity index (χ2v) is 7.88. The zero-order valence-electron chi connectivity index (χ0n) is 16.6. The maximum Gasteiger partial charge on any atom is 0.256 e. The number of anilines is 1. The van der Waals surface area contributed by atoms with Crippen molar-refractivity contribution in [1.29, 1.82) is 0 Å². The monoisotopic (exact) mass is 404 g/mol. The molecule has 0 unspecified atom stereocenters. The van der Waals surface area contributed by atoms with Crippen molar-refractivity contribution in [2.45, 2.75) is 18.4 Å². The molecule has 0 radical (unpaired) electrons. The molecule has 0 spiro atoms. The van der Waals surface area contributed by atoms with E-state index in [1.54, 1.807) is 48.0 Å². The molecule has 0 heterocycles. The quantitative estimate of drug-likeness (QED) is 0.542. The normalized spacial score (nSPS) is 10.4. The van der Waals surface area contributed by atoms with Crippen LogP contribution < -0.4 is 5.32 Å². The number of hydrogen-bond acceptors (Lipinski definition) is 3. The summed E-state index contributed by atoms with van der Waals surface area (Å²) in [6.45, 7) is 2.55. The number of carbonyl (C=O) groups is 2. The SMILES string of the molecule is CCSc1ccccc1C(=O)Nc1ccccc1C(=O)N(C)Cc1ccccc1. The highest BCUT2D eigenvalue weighted by Crippen LogP contribution is 2.24. The lowest BCUT2D eigenvalue weighted by atomic mass is 10.1. The van der Waals surface area contributed by atoms with Gasteiger partial charge in [0.2, 0.25) is 0 Å². The Balaban J connectivity index is 1.80. The Hall–Kier alpha value is -3.05. The van der Waals surface area contributed by atoms with Gasteiger partial charge in [0.25, 0.3) is 11.8 Å². The van der Waals surface area contributed by atoms with Gasteiger partial charge in [0.1, 0.15) is 0 Å². The number of para-hydroxylation sites is 1. The predicted octanol–water partition coefficient (Wildman–Crippen LogP) is 5.32. The molecule has 0 aliphatic carbocycles. The van der Waals surface area contributed by atoms with E-state index in [9.17, 15) is 9.59 Å². The Kier molecular flexibility index (Phi) is 7.09. The molecule has 3 rings (SSSR count). The van der Waals surface area contributed by atoms with Crippen molar-refractivity contribution in [3.05, 3.63) is 95.6 Å². The first-order chi connectivity index (χ1) is 14.1. The van der Waals surface area contributed by atoms with Crippen LogP contribution in [0.15, 0.2) is 83.8 Å². The van der Waals surface area contributed by atoms with Crippen LogP contribution in [0.1, 0.15) is 33.2 Å². The third-order valence-corrected chi connectivity index (χ3v) is 5.40. The fourth-order valence-corrected chi connectivity index (χ4v) is 3.84. The van der Waals surface area contributed by atoms with E-state index in [0.29, 0.717) is 23.4 Å². The van der Waals surface area contributed by atoms with Gasteiger partial charge in [-0.15, -0.1) is 11.8 Å². The van der Waals surface area contributed by atoms with E-state index in [2.05, 4.69) is 12.2 Å². The van der Waals surface area contributed by atoms with E-state index in [4.69, 9.17) is 0 Å². The highest BCUT2D eigenvalue weighted by atomic mass is 32.2. The maximum atomic E-state index is 13.0. The largest absolute Gasteiger partial charge is 0.337 e. The lowest BCUT2D eigenvalue weighted by molar-refractivity contribution is 0.0786. The molecule has 0 bridgehead atoms. The van der Waals surface area contributed by atoms with Crippen molar-refractivity contribution in [2.75, 3.05) is 18.1 Å². The fourth-order valence-electron chi connectivity index (χ4n) is 3.04. The molecule has 0 saturated carbocycles. The summed E-state index contributed by atoms with van der Waals surface area (Å²) in [6.07, 6.45) is 0. The van der Waals surface area contributed by atoms with Crippen LogP contribution in [0.25, 0.3) is 0 Å². The average molecular weight is 405 g/mol. The minimum Gasteiger partial charge on any atom is -0.337 e. The number of rotatable bonds is 7. The Labute approximate surface area is 175 Å². The van der Waals surface area contributed by atoms with Gasteiger partial charge in [-0.25, -0.2) is 0 Å². The van der Waals surface area contributed by atoms with Crippen LogP contribution >= 0.6 is 11.8 Å². The van der Waals surface area contributed by atoms with E-state index >= 15 is 0 Å². The van der Waals surface area contributed by atoms with Gasteiger partial charge in [0.05, 0.1) is 16.8 Å². The summed E-state index contributed by atoms with van der Waals surface area (Å²) in [5.41, 5.74) is 2.65. The van der Waals surface area contributed by atoms with E-state index in [1.807, 2.05) is 54.6 Å². The molecule has 3 aromatic carbocycles. The van der Waals surface area contributed by atoms with Gasteiger partial charge in [-0.2, -0.15) is 0 Å². The highest BCUT2D eigenvalue weighted by molar-refractivity contribution is 7.99. The van der Waals surface area contributed by atoms with Crippen LogP contribution in [-0.2, 0) is 6.54 Å². The Bertz CT molecular complexity index is 989. The van der Waals surface area contributed by atoms with Crippen molar-refractivity contribution in [2.24, 2.45) is 0 Å². The molecule has 4 nitrogen and oxygen atoms in total. The van der Waals surface area contributed by atoms with Gasteiger partial charge in [-0.05, 0) is 35.6 Å². The van der Waals surface area contributed by atoms with Crippen molar-refractivity contribution < 1.29 is 9.59 Å². The lowest BCUT2D eigenvalue weighted by Crippen LogP contribution is -2.27. The molecular formula is C24H24N2O2S. The van der Waals surface area contributed by atoms with E-state index in [-0.39, 0.29) is 11.8 Å². The minimum absolute atomic E-state index is 0.138. The number of carbonyl (C=O) groups excluding carboxylic acids is 2. The van der Waals surface area contributed by atoms with Crippen LogP contribution in [0.4, 0.5) is 5.69 Å². The number of thioether (sulfide) groups is 1. The third kappa shape index (κ3) is 5.27. The van der Waals surface area contributed by atoms with Crippen molar-refractivity contribution in [1.82, 2.24) is 4.90 Å². The molecule has 0 aromatic heterocycles. The number of nitrogens with one attached hydrogen (secondary N) is 1. The summed E-state index contributed by atoms with van der Waals surface area (Å²) in [5, 5.41) is 2.93. The van der Waals surface area contributed by atoms with Crippen LogP contribution in [0.2, 0.25) is 0 Å². The highest BCUT2D eigenvalue weighted by Gasteiger charge is 2.18. The van der Waals surface area contributed by atoms with Gasteiger partial charge in [0.15, 0.2) is 0 Å². The first-order valence-corrected chi connectivity index (χ1v) is 10.5. The standard InChI is InChI=1S/C24H24N2O2S/c1-3-29-22-16-10-8-14-20(22)23(27)25-21-15-9-7-13-19(21)24(28)26(2)17-18-11-5-4-6-12-18/h4-16H,3,17H2,1-2H3,(H,25,27). The topological polar surface area (TPSA) is 49.4 Å². The van der Waals surface area contributed by atoms with Gasteiger partial charge in [-0.3, -0.25) is 9.59 Å². The van der Waals surface area contributed by atoms with Crippen LogP contribution in [-0.4, -0.2) is 29.5 Å². The Morgan fingerprint density at radius 3 is 2.21 bits per heavy atom. The molecule has 0 saturated heterocycles. The Morgan fingerprint density at radius 2 is 1.48 bits per heavy atom. The zero-order valence-corrected chi connectivity index (χ0v) is 17.4. The van der Waals surface area contributed by atoms with Gasteiger partial charge in [-0.1, -0.05) is 61.5 Å². The van der Waals surface area contributed by atoms with Crippen LogP contribution in [0.3, 0.4) is 0 Å². The molecule has 29 heavy (non-hydrogen) atoms. The summed E-state index contributed by atoms with van der Waals surface area (Å²) in [7, 11) is 1.77. The molecule has 0 fully saturated rings. The molecule has 0 aliphatic rings. The third-order valence-electron chi connectivity index (χ3n) is 4.45. The number of benzene rings is 3. The smallest absolute Gasteiger partial charge is 0.256 e. The van der Waals surface area contributed by atoms with Crippen LogP contribution in [0.5, 0.6) is 0 Å². The molecule has 1 N–H and O–H groups in total. The second-order valence-electron chi connectivity index (χ2n) is 6.58. The Morgan fingerprint density at radius 1 is 0.862 bits per heavy atom. The van der Waals surface area contributed by atoms with Crippen molar-refractivity contribution in [3.8, 4) is 0 Å². The molecule has 148 valence electrons. The first-order valence-electron chi connectivity index (χ1n) is 9.51. The molecule has 0 aliphatic heterocycles. The summed E-state index contributed by atoms with van der Waals surface area (Å²) < 4.78 is 0. The summed E-state index contributed by atoms with van der Waals surface area (Å²) in [5.74, 6) is 0.525. The molecule has 2 amide bonds. The molecule has 5 heteroatoms. The minimum atomic E-state index is -0.215. The van der Waals surface area contributed by atoms with Gasteiger partial charge < -0.3 is 10.2 Å². The molecular weight excluding hydrogens is 380 g/mol. The van der Waals surface area contributed by atoms with Gasteiger partial charge >= 0.3 is 0 Å². The average Bonchev–Trinajstić information content (AvgIpc) is 2.75. The maximum absolute atomic E-state index is 13.0. The summed E-state index contributed by atoms with van der Waals surface area (Å²) in [6, 6.07) is 24.5. The van der Waals surface area contributed by atoms with Gasteiger partial charge in [0, 0.05) is 18.5 Å². The van der Waals surface area contributed by atoms with E-state index in [0.717, 1.165) is 16.2 Å². The predicted molar refractivity (Wildman–Crippen MR) is 119 cm³/mol. The number of hydrogen-bond donors (Lipinski definition) is 1. The summed E-state index contributed by atoms with van der Waals surface area (Å²) >= 11 is 1.62. The lowest BCUT2D eigenvalue weighted by Gasteiger charge is -2.19. The van der Waals surface area contributed by atoms with Crippen LogP contribution in [0, 0.1) is 0 Å². The molecule has 3 aromatic rings.